The molecule has 2 amide bonds. The van der Waals surface area contributed by atoms with Crippen molar-refractivity contribution >= 4 is 52.3 Å². The molecule has 1 aliphatic rings. The highest BCUT2D eigenvalue weighted by atomic mass is 31.3. The van der Waals surface area contributed by atoms with E-state index in [1.165, 1.54) is 13.8 Å². The number of aromatic nitrogens is 4. The van der Waals surface area contributed by atoms with E-state index in [-0.39, 0.29) is 35.9 Å². The van der Waals surface area contributed by atoms with E-state index in [1.54, 1.807) is 0 Å². The lowest BCUT2D eigenvalue weighted by atomic mass is 9.87. The van der Waals surface area contributed by atoms with Gasteiger partial charge in [0.25, 0.3) is 0 Å². The van der Waals surface area contributed by atoms with Crippen molar-refractivity contribution in [3.63, 3.8) is 0 Å². The van der Waals surface area contributed by atoms with Crippen LogP contribution in [-0.4, -0.2) is 112 Å². The van der Waals surface area contributed by atoms with Crippen molar-refractivity contribution in [2.24, 2.45) is 5.41 Å². The summed E-state index contributed by atoms with van der Waals surface area (Å²) in [6.07, 6.45) is -5.96. The maximum Gasteiger partial charge on any atom is 0.481 e. The number of phosphoric ester groups is 3. The van der Waals surface area contributed by atoms with Crippen molar-refractivity contribution < 1.29 is 75.7 Å². The maximum absolute atomic E-state index is 12.6. The molecule has 1 fully saturated rings. The van der Waals surface area contributed by atoms with Crippen LogP contribution < -0.4 is 16.4 Å². The topological polar surface area (TPSA) is 347 Å². The van der Waals surface area contributed by atoms with E-state index in [0.717, 1.165) is 17.2 Å². The monoisotopic (exact) mass is 749 g/mol. The van der Waals surface area contributed by atoms with Gasteiger partial charge < -0.3 is 50.9 Å². The van der Waals surface area contributed by atoms with Gasteiger partial charge in [-0.15, -0.1) is 0 Å². The Labute approximate surface area is 272 Å². The second kappa shape index (κ2) is 16.0. The molecule has 272 valence electrons. The molecule has 0 bridgehead atoms. The predicted octanol–water partition coefficient (Wildman–Crippen LogP) is -1.19. The minimum Gasteiger partial charge on any atom is -0.386 e. The maximum atomic E-state index is 12.6. The van der Waals surface area contributed by atoms with Crippen molar-refractivity contribution in [1.29, 1.82) is 0 Å². The molecule has 0 saturated carbocycles. The average molecular weight is 750 g/mol. The first-order valence-electron chi connectivity index (χ1n) is 14.1. The Morgan fingerprint density at radius 2 is 1.75 bits per heavy atom. The molecule has 26 heteroatoms. The first-order valence-corrected chi connectivity index (χ1v) is 18.6. The van der Waals surface area contributed by atoms with E-state index < -0.39 is 78.6 Å². The third-order valence-electron chi connectivity index (χ3n) is 6.65. The standard InChI is InChI=1S/C22H38N7O16P3/c1-4-6-24-13(30)5-7-25-20(33)17(32)22(2,3)9-42-48(39,40)45-47(37,38)41-8-12-16(44-46(34,35)36)15(31)21(43-12)29-11-28-14-18(23)26-10-27-19(14)29/h10-12,15-17,21,31-32H,4-9H2,1-3H3,(H,24,30)(H,25,33)(H,37,38)(H,39,40)(H2,23,26,27)(H2,34,35,36). The molecule has 10 N–H and O–H groups in total. The van der Waals surface area contributed by atoms with Crippen LogP contribution in [0.5, 0.6) is 0 Å². The number of nitrogens with two attached hydrogens (primary N) is 1. The fourth-order valence-electron chi connectivity index (χ4n) is 4.20. The van der Waals surface area contributed by atoms with Gasteiger partial charge in [0.15, 0.2) is 17.7 Å². The summed E-state index contributed by atoms with van der Waals surface area (Å²) in [5, 5.41) is 26.2. The molecule has 7 unspecified atom stereocenters. The largest absolute Gasteiger partial charge is 0.481 e. The minimum atomic E-state index is -5.53. The van der Waals surface area contributed by atoms with Gasteiger partial charge in [-0.25, -0.2) is 28.6 Å². The van der Waals surface area contributed by atoms with Crippen molar-refractivity contribution in [2.45, 2.75) is 64.3 Å². The number of phosphoric acid groups is 3. The molecule has 3 heterocycles. The number of carbonyl (C=O) groups excluding carboxylic acids is 2. The number of carbonyl (C=O) groups is 2. The molecule has 0 radical (unpaired) electrons. The van der Waals surface area contributed by atoms with Crippen LogP contribution in [0.15, 0.2) is 12.7 Å². The summed E-state index contributed by atoms with van der Waals surface area (Å²) < 4.78 is 61.7. The van der Waals surface area contributed by atoms with Gasteiger partial charge in [0, 0.05) is 24.9 Å². The zero-order valence-corrected chi connectivity index (χ0v) is 28.4. The lowest BCUT2D eigenvalue weighted by Gasteiger charge is -2.30. The molecular weight excluding hydrogens is 711 g/mol. The summed E-state index contributed by atoms with van der Waals surface area (Å²) in [5.41, 5.74) is 4.32. The number of nitrogens with one attached hydrogen (secondary N) is 2. The zero-order valence-electron chi connectivity index (χ0n) is 25.8. The first kappa shape index (κ1) is 40.0. The molecule has 23 nitrogen and oxygen atoms in total. The Balaban J connectivity index is 1.61. The number of amides is 2. The van der Waals surface area contributed by atoms with E-state index in [9.17, 15) is 53.1 Å². The Kier molecular flexibility index (Phi) is 13.4. The van der Waals surface area contributed by atoms with Crippen LogP contribution >= 0.6 is 23.5 Å². The molecular formula is C22H38N7O16P3. The van der Waals surface area contributed by atoms with Gasteiger partial charge in [0.2, 0.25) is 11.8 Å². The molecule has 0 aliphatic carbocycles. The van der Waals surface area contributed by atoms with Gasteiger partial charge in [-0.1, -0.05) is 20.8 Å². The van der Waals surface area contributed by atoms with Gasteiger partial charge in [-0.05, 0) is 6.42 Å². The molecule has 48 heavy (non-hydrogen) atoms. The number of ether oxygens (including phenoxy) is 1. The molecule has 0 aromatic carbocycles. The molecule has 2 aromatic heterocycles. The van der Waals surface area contributed by atoms with Crippen LogP contribution in [-0.2, 0) is 45.9 Å². The van der Waals surface area contributed by atoms with E-state index >= 15 is 0 Å². The Bertz CT molecular complexity index is 1590. The van der Waals surface area contributed by atoms with Crippen LogP contribution in [0.3, 0.4) is 0 Å². The van der Waals surface area contributed by atoms with Crippen molar-refractivity contribution in [1.82, 2.24) is 30.2 Å². The molecule has 2 aromatic rings. The summed E-state index contributed by atoms with van der Waals surface area (Å²) in [7, 11) is -16.3. The van der Waals surface area contributed by atoms with Crippen LogP contribution in [0.2, 0.25) is 0 Å². The number of rotatable bonds is 18. The van der Waals surface area contributed by atoms with E-state index in [1.807, 2.05) is 6.92 Å². The van der Waals surface area contributed by atoms with Gasteiger partial charge >= 0.3 is 23.5 Å². The van der Waals surface area contributed by atoms with Crippen molar-refractivity contribution in [3.05, 3.63) is 12.7 Å². The number of aliphatic hydroxyl groups is 2. The average Bonchev–Trinajstić information content (AvgIpc) is 3.54. The smallest absolute Gasteiger partial charge is 0.386 e. The number of nitrogens with zero attached hydrogens (tertiary/aromatic N) is 4. The second-order valence-electron chi connectivity index (χ2n) is 11.1. The lowest BCUT2D eigenvalue weighted by molar-refractivity contribution is -0.137. The highest BCUT2D eigenvalue weighted by Gasteiger charge is 2.50. The third kappa shape index (κ3) is 11.0. The minimum absolute atomic E-state index is 0.0343. The number of imidazole rings is 1. The SMILES string of the molecule is CCCNC(=O)CCNC(=O)C(O)C(C)(C)COP(=O)(O)OP(=O)(O)OCC1OC(n2cnc3c(N)ncnc32)C(O)C1OP(=O)(O)O. The van der Waals surface area contributed by atoms with Gasteiger partial charge in [-0.2, -0.15) is 4.31 Å². The number of fused-ring (bicyclic) bond motifs is 1. The summed E-state index contributed by atoms with van der Waals surface area (Å²) in [6, 6.07) is 0. The Morgan fingerprint density at radius 1 is 1.08 bits per heavy atom. The van der Waals surface area contributed by atoms with Crippen molar-refractivity contribution in [2.75, 3.05) is 32.0 Å². The lowest BCUT2D eigenvalue weighted by Crippen LogP contribution is -2.46. The fourth-order valence-corrected chi connectivity index (χ4v) is 7.03. The molecule has 1 saturated heterocycles. The van der Waals surface area contributed by atoms with E-state index in [0.29, 0.717) is 13.0 Å². The van der Waals surface area contributed by atoms with Gasteiger partial charge in [-0.3, -0.25) is 27.7 Å². The van der Waals surface area contributed by atoms with Gasteiger partial charge in [0.1, 0.15) is 36.3 Å². The number of aliphatic hydroxyl groups excluding tert-OH is 2. The summed E-state index contributed by atoms with van der Waals surface area (Å²) in [5.74, 6) is -1.29. The van der Waals surface area contributed by atoms with Gasteiger partial charge in [0.05, 0.1) is 19.5 Å². The van der Waals surface area contributed by atoms with Crippen LogP contribution in [0.4, 0.5) is 5.82 Å². The number of hydrogen-bond acceptors (Lipinski definition) is 16. The highest BCUT2D eigenvalue weighted by Crippen LogP contribution is 2.61. The summed E-state index contributed by atoms with van der Waals surface area (Å²) in [6.45, 7) is 2.77. The van der Waals surface area contributed by atoms with Crippen LogP contribution in [0.1, 0.15) is 39.8 Å². The summed E-state index contributed by atoms with van der Waals surface area (Å²) in [4.78, 5) is 74.7. The second-order valence-corrected chi connectivity index (χ2v) is 15.3. The number of anilines is 1. The Hall–Kier alpha value is -2.46. The quantitative estimate of drug-likeness (QED) is 0.0809. The van der Waals surface area contributed by atoms with Crippen molar-refractivity contribution in [3.8, 4) is 0 Å². The molecule has 3 rings (SSSR count). The predicted molar refractivity (Wildman–Crippen MR) is 160 cm³/mol. The van der Waals surface area contributed by atoms with Crippen LogP contribution in [0, 0.1) is 5.41 Å². The normalized spacial score (nSPS) is 23.4. The van der Waals surface area contributed by atoms with E-state index in [2.05, 4.69) is 34.4 Å². The molecule has 0 spiro atoms. The highest BCUT2D eigenvalue weighted by molar-refractivity contribution is 7.61. The zero-order chi connectivity index (χ0) is 36.1. The molecule has 7 atom stereocenters. The molecule has 1 aliphatic heterocycles. The summed E-state index contributed by atoms with van der Waals surface area (Å²) >= 11 is 0. The third-order valence-corrected chi connectivity index (χ3v) is 9.75. The fraction of sp³-hybridized carbons (Fsp3) is 0.682. The number of hydrogen-bond donors (Lipinski definition) is 9. The number of nitrogen functional groups attached to an aromatic ring is 1. The first-order chi connectivity index (χ1) is 22.2. The Morgan fingerprint density at radius 3 is 2.40 bits per heavy atom. The van der Waals surface area contributed by atoms with Crippen LogP contribution in [0.25, 0.3) is 11.2 Å². The van der Waals surface area contributed by atoms with E-state index in [4.69, 9.17) is 19.5 Å².